The molecule has 0 atom stereocenters. The molecule has 1 saturated carbocycles. The number of hydrogen-bond acceptors (Lipinski definition) is 1. The predicted molar refractivity (Wildman–Crippen MR) is 90.3 cm³/mol. The minimum atomic E-state index is -0.170. The number of carbonyl (C=O) groups excluding carboxylic acids is 1. The van der Waals surface area contributed by atoms with Crippen LogP contribution in [0.3, 0.4) is 0 Å². The summed E-state index contributed by atoms with van der Waals surface area (Å²) in [6.07, 6.45) is 2.01. The molecule has 0 unspecified atom stereocenters. The Labute approximate surface area is 132 Å². The molecular formula is C18H27BrO. The lowest BCUT2D eigenvalue weighted by molar-refractivity contribution is -0.119. The van der Waals surface area contributed by atoms with Crippen LogP contribution in [0, 0.1) is 19.3 Å². The van der Waals surface area contributed by atoms with E-state index in [1.165, 1.54) is 16.7 Å². The molecule has 1 nitrogen and oxygen atoms in total. The number of aryl methyl sites for hydroxylation is 2. The van der Waals surface area contributed by atoms with E-state index >= 15 is 0 Å². The molecule has 0 aromatic heterocycles. The second kappa shape index (κ2) is 6.01. The molecule has 0 saturated heterocycles. The molecule has 1 aromatic rings. The van der Waals surface area contributed by atoms with Gasteiger partial charge in [0.05, 0.1) is 5.41 Å². The first-order chi connectivity index (χ1) is 8.97. The van der Waals surface area contributed by atoms with Gasteiger partial charge >= 0.3 is 0 Å². The quantitative estimate of drug-likeness (QED) is 0.671. The lowest BCUT2D eigenvalue weighted by atomic mass is 9.88. The summed E-state index contributed by atoms with van der Waals surface area (Å²) in [5, 5.41) is 0. The molecule has 0 spiro atoms. The highest BCUT2D eigenvalue weighted by Crippen LogP contribution is 2.52. The lowest BCUT2D eigenvalue weighted by Crippen LogP contribution is -2.19. The zero-order valence-corrected chi connectivity index (χ0v) is 15.4. The van der Waals surface area contributed by atoms with Gasteiger partial charge in [-0.1, -0.05) is 49.7 Å². The molecule has 0 amide bonds. The topological polar surface area (TPSA) is 17.1 Å². The second-order valence-corrected chi connectivity index (χ2v) is 8.43. The first-order valence-corrected chi connectivity index (χ1v) is 8.05. The summed E-state index contributed by atoms with van der Waals surface area (Å²) in [5.41, 5.74) is 4.01. The molecule has 2 rings (SSSR count). The predicted octanol–water partition coefficient (Wildman–Crippen LogP) is 5.74. The van der Waals surface area contributed by atoms with Crippen molar-refractivity contribution in [2.75, 3.05) is 0 Å². The van der Waals surface area contributed by atoms with Crippen LogP contribution in [0.1, 0.15) is 64.2 Å². The van der Waals surface area contributed by atoms with Crippen molar-refractivity contribution < 1.29 is 4.79 Å². The van der Waals surface area contributed by atoms with E-state index in [0.717, 1.165) is 17.3 Å². The van der Waals surface area contributed by atoms with Gasteiger partial charge in [0.2, 0.25) is 0 Å². The van der Waals surface area contributed by atoms with Gasteiger partial charge in [-0.2, -0.15) is 0 Å². The standard InChI is InChI=1S/C13H15BrO.C5H12/c1-8-6-9(2)12(11(14)7-8)13(4-5-13)10(3)15;1-5(2,3)4/h6-7H,4-5H2,1-3H3;1-4H3. The Bertz CT molecular complexity index is 476. The fraction of sp³-hybridized carbons (Fsp3) is 0.611. The first kappa shape index (κ1) is 17.4. The summed E-state index contributed by atoms with van der Waals surface area (Å²) < 4.78 is 1.09. The van der Waals surface area contributed by atoms with E-state index in [4.69, 9.17) is 0 Å². The average Bonchev–Trinajstić information content (AvgIpc) is 2.94. The SMILES string of the molecule is CC(=O)C1(c2c(C)cc(C)cc2Br)CC1.CC(C)(C)C. The number of benzene rings is 1. The van der Waals surface area contributed by atoms with E-state index in [9.17, 15) is 4.79 Å². The third kappa shape index (κ3) is 4.44. The van der Waals surface area contributed by atoms with Crippen LogP contribution in [-0.4, -0.2) is 5.78 Å². The summed E-state index contributed by atoms with van der Waals surface area (Å²) >= 11 is 3.59. The van der Waals surface area contributed by atoms with E-state index in [0.29, 0.717) is 11.2 Å². The number of ketones is 1. The van der Waals surface area contributed by atoms with Crippen molar-refractivity contribution in [3.05, 3.63) is 33.3 Å². The van der Waals surface area contributed by atoms with E-state index in [1.807, 2.05) is 0 Å². The Morgan fingerprint density at radius 1 is 1.15 bits per heavy atom. The number of hydrogen-bond donors (Lipinski definition) is 0. The van der Waals surface area contributed by atoms with Crippen LogP contribution in [0.5, 0.6) is 0 Å². The molecular weight excluding hydrogens is 312 g/mol. The molecule has 0 aliphatic heterocycles. The van der Waals surface area contributed by atoms with Crippen molar-refractivity contribution >= 4 is 21.7 Å². The maximum atomic E-state index is 11.7. The minimum absolute atomic E-state index is 0.170. The molecule has 0 radical (unpaired) electrons. The Morgan fingerprint density at radius 2 is 1.60 bits per heavy atom. The second-order valence-electron chi connectivity index (χ2n) is 7.58. The number of rotatable bonds is 2. The third-order valence-corrected chi connectivity index (χ3v) is 3.96. The van der Waals surface area contributed by atoms with Crippen molar-refractivity contribution in [3.8, 4) is 0 Å². The number of carbonyl (C=O) groups is 1. The van der Waals surface area contributed by atoms with E-state index in [2.05, 4.69) is 69.6 Å². The summed E-state index contributed by atoms with van der Waals surface area (Å²) in [6.45, 7) is 14.6. The van der Waals surface area contributed by atoms with Crippen molar-refractivity contribution in [1.29, 1.82) is 0 Å². The van der Waals surface area contributed by atoms with Crippen LogP contribution >= 0.6 is 15.9 Å². The van der Waals surface area contributed by atoms with Crippen LogP contribution in [0.15, 0.2) is 16.6 Å². The van der Waals surface area contributed by atoms with Crippen LogP contribution in [0.4, 0.5) is 0 Å². The van der Waals surface area contributed by atoms with E-state index in [1.54, 1.807) is 6.92 Å². The Hall–Kier alpha value is -0.630. The van der Waals surface area contributed by atoms with Gasteiger partial charge in [0.1, 0.15) is 5.78 Å². The van der Waals surface area contributed by atoms with Crippen LogP contribution < -0.4 is 0 Å². The van der Waals surface area contributed by atoms with Crippen LogP contribution in [0.25, 0.3) is 0 Å². The summed E-state index contributed by atoms with van der Waals surface area (Å²) in [4.78, 5) is 11.7. The van der Waals surface area contributed by atoms with Gasteiger partial charge in [-0.25, -0.2) is 0 Å². The van der Waals surface area contributed by atoms with Gasteiger partial charge in [-0.15, -0.1) is 0 Å². The highest BCUT2D eigenvalue weighted by atomic mass is 79.9. The van der Waals surface area contributed by atoms with Gasteiger partial charge in [0.25, 0.3) is 0 Å². The molecule has 0 bridgehead atoms. The van der Waals surface area contributed by atoms with Crippen LogP contribution in [0.2, 0.25) is 0 Å². The molecule has 0 heterocycles. The Balaban J connectivity index is 0.000000347. The smallest absolute Gasteiger partial charge is 0.140 e. The van der Waals surface area contributed by atoms with E-state index < -0.39 is 0 Å². The molecule has 1 aliphatic rings. The minimum Gasteiger partial charge on any atom is -0.299 e. The lowest BCUT2D eigenvalue weighted by Gasteiger charge is -2.17. The van der Waals surface area contributed by atoms with Crippen molar-refractivity contribution in [3.63, 3.8) is 0 Å². The zero-order chi connectivity index (χ0) is 15.7. The maximum Gasteiger partial charge on any atom is 0.140 e. The van der Waals surface area contributed by atoms with Gasteiger partial charge < -0.3 is 0 Å². The molecule has 112 valence electrons. The van der Waals surface area contributed by atoms with Gasteiger partial charge in [-0.3, -0.25) is 4.79 Å². The van der Waals surface area contributed by atoms with Crippen molar-refractivity contribution in [2.45, 2.75) is 66.7 Å². The highest BCUT2D eigenvalue weighted by molar-refractivity contribution is 9.10. The molecule has 1 fully saturated rings. The molecule has 1 aliphatic carbocycles. The largest absolute Gasteiger partial charge is 0.299 e. The Morgan fingerprint density at radius 3 is 1.90 bits per heavy atom. The van der Waals surface area contributed by atoms with Crippen LogP contribution in [-0.2, 0) is 10.2 Å². The first-order valence-electron chi connectivity index (χ1n) is 7.25. The highest BCUT2D eigenvalue weighted by Gasteiger charge is 2.50. The Kier molecular flexibility index (Phi) is 5.23. The summed E-state index contributed by atoms with van der Waals surface area (Å²) in [5.74, 6) is 0.301. The average molecular weight is 339 g/mol. The monoisotopic (exact) mass is 338 g/mol. The van der Waals surface area contributed by atoms with Gasteiger partial charge in [0.15, 0.2) is 0 Å². The summed E-state index contributed by atoms with van der Waals surface area (Å²) in [6, 6.07) is 4.26. The van der Waals surface area contributed by atoms with E-state index in [-0.39, 0.29) is 5.41 Å². The molecule has 1 aromatic carbocycles. The molecule has 2 heteroatoms. The van der Waals surface area contributed by atoms with Gasteiger partial charge in [0, 0.05) is 4.47 Å². The fourth-order valence-corrected chi connectivity index (χ4v) is 3.48. The van der Waals surface area contributed by atoms with Crippen molar-refractivity contribution in [2.24, 2.45) is 5.41 Å². The van der Waals surface area contributed by atoms with Crippen molar-refractivity contribution in [1.82, 2.24) is 0 Å². The fourth-order valence-electron chi connectivity index (χ4n) is 2.42. The number of Topliss-reactive ketones (excluding diaryl/α,β-unsaturated/α-hetero) is 1. The maximum absolute atomic E-state index is 11.7. The molecule has 20 heavy (non-hydrogen) atoms. The zero-order valence-electron chi connectivity index (χ0n) is 13.9. The third-order valence-electron chi connectivity index (χ3n) is 3.33. The summed E-state index contributed by atoms with van der Waals surface area (Å²) in [7, 11) is 0. The molecule has 0 N–H and O–H groups in total. The normalized spacial score (nSPS) is 16.2. The van der Waals surface area contributed by atoms with Gasteiger partial charge in [-0.05, 0) is 61.8 Å². The number of halogens is 1.